The lowest BCUT2D eigenvalue weighted by atomic mass is 10.3. The molecule has 0 unspecified atom stereocenters. The largest absolute Gasteiger partial charge is 0.872 e. The average molecular weight is 230 g/mol. The van der Waals surface area contributed by atoms with Gasteiger partial charge in [-0.25, -0.2) is 9.59 Å². The first kappa shape index (κ1) is 11.3. The molecule has 1 rings (SSSR count). The summed E-state index contributed by atoms with van der Waals surface area (Å²) in [5, 5.41) is 22.4. The zero-order valence-electron chi connectivity index (χ0n) is 7.86. The van der Waals surface area contributed by atoms with Gasteiger partial charge in [-0.05, 0) is 0 Å². The molecule has 0 spiro atoms. The first-order valence-corrected chi connectivity index (χ1v) is 4.52. The van der Waals surface area contributed by atoms with Crippen LogP contribution in [-0.4, -0.2) is 26.2 Å². The maximum Gasteiger partial charge on any atom is 0.347 e. The number of ether oxygens (including phenoxy) is 2. The molecule has 7 heteroatoms. The second kappa shape index (κ2) is 4.18. The molecule has 0 saturated heterocycles. The molecule has 1 aromatic heterocycles. The van der Waals surface area contributed by atoms with Crippen LogP contribution in [0.25, 0.3) is 0 Å². The van der Waals surface area contributed by atoms with Gasteiger partial charge >= 0.3 is 11.9 Å². The molecule has 15 heavy (non-hydrogen) atoms. The second-order valence-corrected chi connectivity index (χ2v) is 3.42. The normalized spacial score (nSPS) is 9.73. The molecule has 0 fully saturated rings. The summed E-state index contributed by atoms with van der Waals surface area (Å²) in [5.41, 5.74) is 0. The third-order valence-corrected chi connectivity index (χ3v) is 2.68. The van der Waals surface area contributed by atoms with Crippen LogP contribution in [0.4, 0.5) is 0 Å². The highest BCUT2D eigenvalue weighted by atomic mass is 32.1. The van der Waals surface area contributed by atoms with Crippen molar-refractivity contribution in [2.75, 3.05) is 14.2 Å². The predicted octanol–water partition coefficient (Wildman–Crippen LogP) is -0.532. The van der Waals surface area contributed by atoms with Crippen LogP contribution >= 0.6 is 11.3 Å². The highest BCUT2D eigenvalue weighted by Gasteiger charge is 2.17. The quantitative estimate of drug-likeness (QED) is 0.633. The van der Waals surface area contributed by atoms with Gasteiger partial charge in [0, 0.05) is 0 Å². The maximum absolute atomic E-state index is 11.2. The Kier molecular flexibility index (Phi) is 3.15. The van der Waals surface area contributed by atoms with Gasteiger partial charge in [-0.2, -0.15) is 0 Å². The summed E-state index contributed by atoms with van der Waals surface area (Å²) in [5.74, 6) is -3.94. The lowest BCUT2D eigenvalue weighted by Gasteiger charge is -2.13. The monoisotopic (exact) mass is 230 g/mol. The van der Waals surface area contributed by atoms with E-state index in [-0.39, 0.29) is 0 Å². The molecule has 1 heterocycles. The first-order valence-electron chi connectivity index (χ1n) is 3.70. The fraction of sp³-hybridized carbons (Fsp3) is 0.250. The molecule has 0 radical (unpaired) electrons. The number of methoxy groups -OCH3 is 2. The van der Waals surface area contributed by atoms with Crippen molar-refractivity contribution < 1.29 is 29.3 Å². The Labute approximate surface area is 88.7 Å². The van der Waals surface area contributed by atoms with Crippen molar-refractivity contribution in [1.82, 2.24) is 0 Å². The van der Waals surface area contributed by atoms with Gasteiger partial charge in [-0.1, -0.05) is 11.5 Å². The third-order valence-electron chi connectivity index (χ3n) is 1.56. The molecule has 0 aliphatic carbocycles. The number of hydrogen-bond acceptors (Lipinski definition) is 7. The van der Waals surface area contributed by atoms with Crippen molar-refractivity contribution >= 4 is 23.3 Å². The van der Waals surface area contributed by atoms with E-state index in [0.29, 0.717) is 11.3 Å². The van der Waals surface area contributed by atoms with Crippen LogP contribution in [0.3, 0.4) is 0 Å². The molecule has 0 aliphatic heterocycles. The molecule has 1 aromatic rings. The molecule has 0 bridgehead atoms. The Bertz CT molecular complexity index is 371. The molecule has 0 saturated carbocycles. The summed E-state index contributed by atoms with van der Waals surface area (Å²) in [7, 11) is 2.15. The van der Waals surface area contributed by atoms with Crippen molar-refractivity contribution in [1.29, 1.82) is 0 Å². The van der Waals surface area contributed by atoms with Gasteiger partial charge in [0.1, 0.15) is 9.75 Å². The Hall–Kier alpha value is -1.76. The van der Waals surface area contributed by atoms with E-state index in [1.807, 2.05) is 0 Å². The van der Waals surface area contributed by atoms with Gasteiger partial charge in [0.05, 0.1) is 14.2 Å². The lowest BCUT2D eigenvalue weighted by Crippen LogP contribution is -2.06. The average Bonchev–Trinajstić information content (AvgIpc) is 2.54. The van der Waals surface area contributed by atoms with Crippen molar-refractivity contribution in [3.63, 3.8) is 0 Å². The van der Waals surface area contributed by atoms with E-state index in [9.17, 15) is 19.8 Å². The minimum absolute atomic E-state index is 0.414. The Morgan fingerprint density at radius 2 is 1.33 bits per heavy atom. The minimum atomic E-state index is -1.03. The highest BCUT2D eigenvalue weighted by Crippen LogP contribution is 2.36. The standard InChI is InChI=1S/C8H8O6S/c1-13-7(11)5-3(9)4(10)6(15-5)8(12)14-2/h9-10H,1-2H3/p-2. The summed E-state index contributed by atoms with van der Waals surface area (Å²) in [6.07, 6.45) is 0. The van der Waals surface area contributed by atoms with Crippen LogP contribution in [0.5, 0.6) is 11.5 Å². The summed E-state index contributed by atoms with van der Waals surface area (Å²) in [6, 6.07) is 0. The van der Waals surface area contributed by atoms with E-state index >= 15 is 0 Å². The van der Waals surface area contributed by atoms with Crippen molar-refractivity contribution in [3.05, 3.63) is 9.75 Å². The van der Waals surface area contributed by atoms with E-state index in [1.54, 1.807) is 0 Å². The van der Waals surface area contributed by atoms with E-state index in [4.69, 9.17) is 0 Å². The van der Waals surface area contributed by atoms with Gasteiger partial charge in [-0.15, -0.1) is 11.3 Å². The Morgan fingerprint density at radius 3 is 1.60 bits per heavy atom. The molecule has 0 aliphatic rings. The molecule has 82 valence electrons. The topological polar surface area (TPSA) is 98.7 Å². The highest BCUT2D eigenvalue weighted by molar-refractivity contribution is 7.16. The van der Waals surface area contributed by atoms with Crippen LogP contribution in [0, 0.1) is 0 Å². The molecular weight excluding hydrogens is 224 g/mol. The smallest absolute Gasteiger partial charge is 0.347 e. The van der Waals surface area contributed by atoms with Crippen LogP contribution in [0.2, 0.25) is 0 Å². The van der Waals surface area contributed by atoms with Crippen molar-refractivity contribution in [2.24, 2.45) is 0 Å². The lowest BCUT2D eigenvalue weighted by molar-refractivity contribution is -0.316. The zero-order valence-corrected chi connectivity index (χ0v) is 8.67. The number of rotatable bonds is 2. The number of carbonyl (C=O) groups is 2. The number of esters is 2. The molecule has 0 atom stereocenters. The van der Waals surface area contributed by atoms with Gasteiger partial charge in [0.25, 0.3) is 0 Å². The fourth-order valence-corrected chi connectivity index (χ4v) is 1.76. The third kappa shape index (κ3) is 1.86. The summed E-state index contributed by atoms with van der Waals surface area (Å²) >= 11 is 0.477. The molecule has 6 nitrogen and oxygen atoms in total. The molecular formula is C8H6O6S-2. The zero-order chi connectivity index (χ0) is 11.6. The SMILES string of the molecule is COC(=O)c1sc(C(=O)OC)c([O-])c1[O-]. The Morgan fingerprint density at radius 1 is 1.00 bits per heavy atom. The molecule has 0 aromatic carbocycles. The predicted molar refractivity (Wildman–Crippen MR) is 45.9 cm³/mol. The van der Waals surface area contributed by atoms with Crippen LogP contribution in [0.15, 0.2) is 0 Å². The summed E-state index contributed by atoms with van der Waals surface area (Å²) in [4.78, 5) is 21.2. The fourth-order valence-electron chi connectivity index (χ4n) is 0.855. The van der Waals surface area contributed by atoms with Gasteiger partial charge in [-0.3, -0.25) is 0 Å². The number of thiophene rings is 1. The number of hydrogen-bond donors (Lipinski definition) is 0. The maximum atomic E-state index is 11.2. The van der Waals surface area contributed by atoms with Gasteiger partial charge in [0.15, 0.2) is 0 Å². The van der Waals surface area contributed by atoms with E-state index in [1.165, 1.54) is 0 Å². The summed E-state index contributed by atoms with van der Waals surface area (Å²) < 4.78 is 8.56. The van der Waals surface area contributed by atoms with E-state index in [0.717, 1.165) is 14.2 Å². The van der Waals surface area contributed by atoms with Crippen molar-refractivity contribution in [2.45, 2.75) is 0 Å². The van der Waals surface area contributed by atoms with Crippen LogP contribution in [-0.2, 0) is 9.47 Å². The second-order valence-electron chi connectivity index (χ2n) is 2.40. The molecule has 0 N–H and O–H groups in total. The Balaban J connectivity index is 3.24. The first-order chi connectivity index (χ1) is 7.02. The van der Waals surface area contributed by atoms with Crippen LogP contribution in [0.1, 0.15) is 19.3 Å². The van der Waals surface area contributed by atoms with E-state index < -0.39 is 33.2 Å². The van der Waals surface area contributed by atoms with E-state index in [2.05, 4.69) is 9.47 Å². The van der Waals surface area contributed by atoms with Crippen LogP contribution < -0.4 is 10.2 Å². The van der Waals surface area contributed by atoms with Crippen molar-refractivity contribution in [3.8, 4) is 11.5 Å². The number of carbonyl (C=O) groups excluding carboxylic acids is 2. The van der Waals surface area contributed by atoms with Gasteiger partial charge < -0.3 is 19.7 Å². The minimum Gasteiger partial charge on any atom is -0.872 e. The van der Waals surface area contributed by atoms with Gasteiger partial charge in [0.2, 0.25) is 0 Å². The molecule has 0 amide bonds. The summed E-state index contributed by atoms with van der Waals surface area (Å²) in [6.45, 7) is 0.